The molecule has 1 fully saturated rings. The van der Waals surface area contributed by atoms with E-state index in [4.69, 9.17) is 4.74 Å². The van der Waals surface area contributed by atoms with Crippen LogP contribution in [0.25, 0.3) is 0 Å². The summed E-state index contributed by atoms with van der Waals surface area (Å²) in [4.78, 5) is 25.8. The minimum Gasteiger partial charge on any atom is -0.496 e. The van der Waals surface area contributed by atoms with E-state index in [0.29, 0.717) is 13.0 Å². The lowest BCUT2D eigenvalue weighted by atomic mass is 10.1. The predicted octanol–water partition coefficient (Wildman–Crippen LogP) is 1.63. The molecule has 1 aliphatic rings. The van der Waals surface area contributed by atoms with Crippen LogP contribution in [0.5, 0.6) is 5.75 Å². The van der Waals surface area contributed by atoms with Gasteiger partial charge in [-0.25, -0.2) is 0 Å². The fourth-order valence-corrected chi connectivity index (χ4v) is 2.63. The van der Waals surface area contributed by atoms with Crippen molar-refractivity contribution in [3.05, 3.63) is 29.3 Å². The molecule has 2 amide bonds. The molecule has 0 aromatic heterocycles. The van der Waals surface area contributed by atoms with E-state index in [-0.39, 0.29) is 18.4 Å². The highest BCUT2D eigenvalue weighted by Gasteiger charge is 2.32. The molecule has 1 atom stereocenters. The Hall–Kier alpha value is -2.04. The maximum absolute atomic E-state index is 12.4. The zero-order valence-electron chi connectivity index (χ0n) is 12.8. The molecular formula is C16H22N2O3. The normalized spacial score (nSPS) is 18.6. The topological polar surface area (TPSA) is 58.6 Å². The van der Waals surface area contributed by atoms with E-state index in [0.717, 1.165) is 23.3 Å². The van der Waals surface area contributed by atoms with Gasteiger partial charge in [-0.15, -0.1) is 0 Å². The van der Waals surface area contributed by atoms with E-state index >= 15 is 0 Å². The van der Waals surface area contributed by atoms with Gasteiger partial charge in [-0.05, 0) is 19.4 Å². The number of piperazine rings is 1. The maximum Gasteiger partial charge on any atom is 0.245 e. The van der Waals surface area contributed by atoms with Gasteiger partial charge < -0.3 is 15.0 Å². The van der Waals surface area contributed by atoms with E-state index in [1.165, 1.54) is 0 Å². The number of ether oxygens (including phenoxy) is 1. The van der Waals surface area contributed by atoms with Crippen LogP contribution in [-0.4, -0.2) is 36.4 Å². The monoisotopic (exact) mass is 290 g/mol. The number of hydrogen-bond acceptors (Lipinski definition) is 3. The number of benzene rings is 1. The van der Waals surface area contributed by atoms with Crippen molar-refractivity contribution in [2.45, 2.75) is 39.3 Å². The summed E-state index contributed by atoms with van der Waals surface area (Å²) in [6.07, 6.45) is 1.53. The first-order valence-corrected chi connectivity index (χ1v) is 7.26. The summed E-state index contributed by atoms with van der Waals surface area (Å²) in [6.45, 7) is 4.50. The van der Waals surface area contributed by atoms with Gasteiger partial charge in [0.25, 0.3) is 0 Å². The van der Waals surface area contributed by atoms with Crippen molar-refractivity contribution < 1.29 is 14.3 Å². The van der Waals surface area contributed by atoms with Crippen molar-refractivity contribution >= 4 is 11.8 Å². The van der Waals surface area contributed by atoms with Crippen molar-refractivity contribution in [3.63, 3.8) is 0 Å². The average Bonchev–Trinajstić information content (AvgIpc) is 2.44. The maximum atomic E-state index is 12.4. The molecule has 0 spiro atoms. The van der Waals surface area contributed by atoms with Crippen LogP contribution in [0, 0.1) is 6.92 Å². The largest absolute Gasteiger partial charge is 0.496 e. The second-order valence-electron chi connectivity index (χ2n) is 5.42. The highest BCUT2D eigenvalue weighted by Crippen LogP contribution is 2.22. The molecule has 5 heteroatoms. The van der Waals surface area contributed by atoms with Crippen molar-refractivity contribution in [1.82, 2.24) is 10.2 Å². The van der Waals surface area contributed by atoms with E-state index in [1.54, 1.807) is 12.0 Å². The molecule has 114 valence electrons. The van der Waals surface area contributed by atoms with Gasteiger partial charge in [0, 0.05) is 12.1 Å². The summed E-state index contributed by atoms with van der Waals surface area (Å²) in [6, 6.07) is 5.45. The van der Waals surface area contributed by atoms with E-state index in [9.17, 15) is 9.59 Å². The Morgan fingerprint density at radius 1 is 1.38 bits per heavy atom. The first-order valence-electron chi connectivity index (χ1n) is 7.26. The van der Waals surface area contributed by atoms with E-state index in [2.05, 4.69) is 5.32 Å². The van der Waals surface area contributed by atoms with Gasteiger partial charge in [-0.2, -0.15) is 0 Å². The Morgan fingerprint density at radius 2 is 2.14 bits per heavy atom. The second-order valence-corrected chi connectivity index (χ2v) is 5.42. The molecule has 5 nitrogen and oxygen atoms in total. The fraction of sp³-hybridized carbons (Fsp3) is 0.500. The number of amides is 2. The second kappa shape index (κ2) is 6.61. The minimum atomic E-state index is -0.396. The van der Waals surface area contributed by atoms with Crippen LogP contribution in [0.1, 0.15) is 30.9 Å². The number of aryl methyl sites for hydroxylation is 1. The molecule has 0 aliphatic carbocycles. The Balaban J connectivity index is 2.19. The number of nitrogens with zero attached hydrogens (tertiary/aromatic N) is 1. The molecule has 0 bridgehead atoms. The zero-order valence-corrected chi connectivity index (χ0v) is 12.8. The number of carbonyl (C=O) groups excluding carboxylic acids is 2. The molecule has 1 saturated heterocycles. The summed E-state index contributed by atoms with van der Waals surface area (Å²) in [5, 5.41) is 2.76. The van der Waals surface area contributed by atoms with Crippen LogP contribution in [0.2, 0.25) is 0 Å². The van der Waals surface area contributed by atoms with Crippen LogP contribution in [0.3, 0.4) is 0 Å². The number of carbonyl (C=O) groups is 2. The third-order valence-corrected chi connectivity index (χ3v) is 3.65. The molecule has 1 aromatic rings. The fourth-order valence-electron chi connectivity index (χ4n) is 2.63. The molecule has 1 aromatic carbocycles. The van der Waals surface area contributed by atoms with Gasteiger partial charge in [0.05, 0.1) is 13.7 Å². The summed E-state index contributed by atoms with van der Waals surface area (Å²) in [7, 11) is 1.61. The molecule has 2 rings (SSSR count). The van der Waals surface area contributed by atoms with Gasteiger partial charge in [-0.1, -0.05) is 31.0 Å². The smallest absolute Gasteiger partial charge is 0.245 e. The number of rotatable bonds is 5. The molecule has 0 radical (unpaired) electrons. The summed E-state index contributed by atoms with van der Waals surface area (Å²) >= 11 is 0. The van der Waals surface area contributed by atoms with Gasteiger partial charge in [0.1, 0.15) is 11.8 Å². The van der Waals surface area contributed by atoms with Crippen LogP contribution in [-0.2, 0) is 16.1 Å². The van der Waals surface area contributed by atoms with Crippen molar-refractivity contribution in [3.8, 4) is 5.75 Å². The number of hydrogen-bond donors (Lipinski definition) is 1. The van der Waals surface area contributed by atoms with Gasteiger partial charge in [0.15, 0.2) is 0 Å². The van der Waals surface area contributed by atoms with Crippen LogP contribution in [0.4, 0.5) is 0 Å². The first kappa shape index (κ1) is 15.4. The quantitative estimate of drug-likeness (QED) is 0.896. The first-order chi connectivity index (χ1) is 10.0. The lowest BCUT2D eigenvalue weighted by Gasteiger charge is -2.32. The Labute approximate surface area is 125 Å². The number of methoxy groups -OCH3 is 1. The number of nitrogens with one attached hydrogen (secondary N) is 1. The van der Waals surface area contributed by atoms with E-state index < -0.39 is 6.04 Å². The molecule has 1 N–H and O–H groups in total. The van der Waals surface area contributed by atoms with Crippen LogP contribution < -0.4 is 10.1 Å². The Bertz CT molecular complexity index is 542. The third kappa shape index (κ3) is 3.54. The van der Waals surface area contributed by atoms with Crippen molar-refractivity contribution in [2.24, 2.45) is 0 Å². The molecule has 0 saturated carbocycles. The molecular weight excluding hydrogens is 268 g/mol. The lowest BCUT2D eigenvalue weighted by molar-refractivity contribution is -0.145. The lowest BCUT2D eigenvalue weighted by Crippen LogP contribution is -2.57. The van der Waals surface area contributed by atoms with Gasteiger partial charge in [-0.3, -0.25) is 9.59 Å². The summed E-state index contributed by atoms with van der Waals surface area (Å²) in [5.41, 5.74) is 2.03. The Kier molecular flexibility index (Phi) is 4.83. The Morgan fingerprint density at radius 3 is 2.81 bits per heavy atom. The highest BCUT2D eigenvalue weighted by molar-refractivity contribution is 5.94. The third-order valence-electron chi connectivity index (χ3n) is 3.65. The average molecular weight is 290 g/mol. The van der Waals surface area contributed by atoms with Crippen LogP contribution >= 0.6 is 0 Å². The minimum absolute atomic E-state index is 0.0139. The molecule has 1 aliphatic heterocycles. The summed E-state index contributed by atoms with van der Waals surface area (Å²) in [5.74, 6) is 0.631. The van der Waals surface area contributed by atoms with E-state index in [1.807, 2.05) is 32.0 Å². The molecule has 1 unspecified atom stereocenters. The van der Waals surface area contributed by atoms with Gasteiger partial charge >= 0.3 is 0 Å². The van der Waals surface area contributed by atoms with Crippen LogP contribution in [0.15, 0.2) is 18.2 Å². The highest BCUT2D eigenvalue weighted by atomic mass is 16.5. The molecule has 21 heavy (non-hydrogen) atoms. The summed E-state index contributed by atoms with van der Waals surface area (Å²) < 4.78 is 5.34. The molecule has 1 heterocycles. The van der Waals surface area contributed by atoms with Gasteiger partial charge in [0.2, 0.25) is 11.8 Å². The standard InChI is InChI=1S/C16H22N2O3/c1-4-5-13-16(20)18(10-15(19)17-13)9-12-8-11(2)6-7-14(12)21-3/h6-8,13H,4-5,9-10H2,1-3H3,(H,17,19). The SMILES string of the molecule is CCCC1NC(=O)CN(Cc2cc(C)ccc2OC)C1=O. The zero-order chi connectivity index (χ0) is 15.4. The van der Waals surface area contributed by atoms with Crippen molar-refractivity contribution in [2.75, 3.05) is 13.7 Å². The predicted molar refractivity (Wildman–Crippen MR) is 80.0 cm³/mol. The van der Waals surface area contributed by atoms with Crippen molar-refractivity contribution in [1.29, 1.82) is 0 Å².